The topological polar surface area (TPSA) is 106 Å². The van der Waals surface area contributed by atoms with Gasteiger partial charge in [0.15, 0.2) is 0 Å². The van der Waals surface area contributed by atoms with Crippen LogP contribution in [0.15, 0.2) is 16.5 Å². The Morgan fingerprint density at radius 1 is 1.45 bits per heavy atom. The SMILES string of the molecule is Cc1ccc([C@H](C)NC(=O)N2CCC(CS(N)(=O)=O)CC2)o1. The van der Waals surface area contributed by atoms with Gasteiger partial charge in [-0.2, -0.15) is 0 Å². The Balaban J connectivity index is 1.82. The maximum absolute atomic E-state index is 12.2. The monoisotopic (exact) mass is 329 g/mol. The Labute approximate surface area is 130 Å². The summed E-state index contributed by atoms with van der Waals surface area (Å²) in [7, 11) is -3.45. The molecule has 7 nitrogen and oxygen atoms in total. The molecule has 1 atom stereocenters. The normalized spacial score (nSPS) is 18.2. The minimum absolute atomic E-state index is 0.00939. The van der Waals surface area contributed by atoms with E-state index in [1.165, 1.54) is 0 Å². The number of primary sulfonamides is 1. The van der Waals surface area contributed by atoms with Crippen molar-refractivity contribution in [1.82, 2.24) is 10.2 Å². The first-order valence-corrected chi connectivity index (χ1v) is 9.08. The molecule has 124 valence electrons. The number of furan rings is 1. The molecule has 3 N–H and O–H groups in total. The standard InChI is InChI=1S/C14H23N3O4S/c1-10-3-4-13(21-10)11(2)16-14(18)17-7-5-12(6-8-17)9-22(15,19)20/h3-4,11-12H,5-9H2,1-2H3,(H,16,18)(H2,15,19,20)/t11-/m0/s1. The van der Waals surface area contributed by atoms with Crippen LogP contribution >= 0.6 is 0 Å². The number of sulfonamides is 1. The van der Waals surface area contributed by atoms with Gasteiger partial charge in [0.05, 0.1) is 11.8 Å². The number of piperidine rings is 1. The van der Waals surface area contributed by atoms with Crippen molar-refractivity contribution in [2.45, 2.75) is 32.7 Å². The van der Waals surface area contributed by atoms with Crippen molar-refractivity contribution in [3.63, 3.8) is 0 Å². The third-order valence-electron chi connectivity index (χ3n) is 3.90. The van der Waals surface area contributed by atoms with Gasteiger partial charge in [-0.25, -0.2) is 18.4 Å². The van der Waals surface area contributed by atoms with Crippen molar-refractivity contribution < 1.29 is 17.6 Å². The van der Waals surface area contributed by atoms with Crippen molar-refractivity contribution in [1.29, 1.82) is 0 Å². The van der Waals surface area contributed by atoms with E-state index in [1.807, 2.05) is 26.0 Å². The lowest BCUT2D eigenvalue weighted by molar-refractivity contribution is 0.170. The van der Waals surface area contributed by atoms with Crippen LogP contribution in [0.2, 0.25) is 0 Å². The third kappa shape index (κ3) is 4.74. The van der Waals surface area contributed by atoms with E-state index in [-0.39, 0.29) is 23.7 Å². The van der Waals surface area contributed by atoms with Gasteiger partial charge >= 0.3 is 6.03 Å². The molecule has 1 aliphatic heterocycles. The van der Waals surface area contributed by atoms with Crippen LogP contribution in [-0.2, 0) is 10.0 Å². The fourth-order valence-electron chi connectivity index (χ4n) is 2.67. The molecular formula is C14H23N3O4S. The fraction of sp³-hybridized carbons (Fsp3) is 0.643. The number of hydrogen-bond acceptors (Lipinski definition) is 4. The van der Waals surface area contributed by atoms with Crippen LogP contribution < -0.4 is 10.5 Å². The smallest absolute Gasteiger partial charge is 0.317 e. The minimum Gasteiger partial charge on any atom is -0.464 e. The zero-order valence-corrected chi connectivity index (χ0v) is 13.7. The summed E-state index contributed by atoms with van der Waals surface area (Å²) in [5, 5.41) is 7.95. The summed E-state index contributed by atoms with van der Waals surface area (Å²) in [4.78, 5) is 13.9. The predicted octanol–water partition coefficient (Wildman–Crippen LogP) is 1.36. The highest BCUT2D eigenvalue weighted by atomic mass is 32.2. The molecule has 22 heavy (non-hydrogen) atoms. The van der Waals surface area contributed by atoms with Crippen LogP contribution in [0, 0.1) is 12.8 Å². The van der Waals surface area contributed by atoms with Crippen LogP contribution in [0.25, 0.3) is 0 Å². The number of nitrogens with one attached hydrogen (secondary N) is 1. The highest BCUT2D eigenvalue weighted by Gasteiger charge is 2.26. The Bertz CT molecular complexity index is 618. The summed E-state index contributed by atoms with van der Waals surface area (Å²) in [6.45, 7) is 4.80. The molecular weight excluding hydrogens is 306 g/mol. The molecule has 0 radical (unpaired) electrons. The largest absolute Gasteiger partial charge is 0.464 e. The third-order valence-corrected chi connectivity index (χ3v) is 4.83. The fourth-order valence-corrected chi connectivity index (χ4v) is 3.66. The van der Waals surface area contributed by atoms with E-state index < -0.39 is 10.0 Å². The summed E-state index contributed by atoms with van der Waals surface area (Å²) >= 11 is 0. The Morgan fingerprint density at radius 2 is 2.09 bits per heavy atom. The van der Waals surface area contributed by atoms with Crippen LogP contribution in [0.1, 0.15) is 37.3 Å². The van der Waals surface area contributed by atoms with Crippen molar-refractivity contribution >= 4 is 16.1 Å². The lowest BCUT2D eigenvalue weighted by atomic mass is 9.99. The molecule has 0 aliphatic carbocycles. The van der Waals surface area contributed by atoms with E-state index in [0.29, 0.717) is 25.9 Å². The van der Waals surface area contributed by atoms with E-state index in [9.17, 15) is 13.2 Å². The van der Waals surface area contributed by atoms with Gasteiger partial charge in [-0.1, -0.05) is 0 Å². The molecule has 1 aromatic heterocycles. The zero-order chi connectivity index (χ0) is 16.3. The molecule has 2 rings (SSSR count). The van der Waals surface area contributed by atoms with Crippen molar-refractivity contribution in [2.24, 2.45) is 11.1 Å². The molecule has 0 spiro atoms. The van der Waals surface area contributed by atoms with Crippen LogP contribution in [0.3, 0.4) is 0 Å². The molecule has 1 saturated heterocycles. The van der Waals surface area contributed by atoms with Gasteiger partial charge in [-0.15, -0.1) is 0 Å². The number of amides is 2. The number of rotatable bonds is 4. The van der Waals surface area contributed by atoms with Crippen LogP contribution in [0.5, 0.6) is 0 Å². The predicted molar refractivity (Wildman–Crippen MR) is 82.7 cm³/mol. The average molecular weight is 329 g/mol. The molecule has 0 saturated carbocycles. The second kappa shape index (κ2) is 6.70. The summed E-state index contributed by atoms with van der Waals surface area (Å²) in [6, 6.07) is 3.34. The van der Waals surface area contributed by atoms with E-state index >= 15 is 0 Å². The molecule has 0 bridgehead atoms. The van der Waals surface area contributed by atoms with E-state index in [0.717, 1.165) is 11.5 Å². The number of carbonyl (C=O) groups excluding carboxylic acids is 1. The first kappa shape index (κ1) is 16.8. The van der Waals surface area contributed by atoms with E-state index in [2.05, 4.69) is 5.32 Å². The molecule has 0 unspecified atom stereocenters. The molecule has 1 aliphatic rings. The zero-order valence-electron chi connectivity index (χ0n) is 12.9. The number of nitrogens with two attached hydrogens (primary N) is 1. The van der Waals surface area contributed by atoms with Crippen molar-refractivity contribution in [2.75, 3.05) is 18.8 Å². The number of likely N-dealkylation sites (tertiary alicyclic amines) is 1. The maximum atomic E-state index is 12.2. The molecule has 0 aromatic carbocycles. The Kier molecular flexibility index (Phi) is 5.12. The Morgan fingerprint density at radius 3 is 2.59 bits per heavy atom. The van der Waals surface area contributed by atoms with Crippen LogP contribution in [0.4, 0.5) is 4.79 Å². The van der Waals surface area contributed by atoms with Gasteiger partial charge in [0.1, 0.15) is 11.5 Å². The van der Waals surface area contributed by atoms with Crippen molar-refractivity contribution in [3.8, 4) is 0 Å². The Hall–Kier alpha value is -1.54. The number of carbonyl (C=O) groups is 1. The summed E-state index contributed by atoms with van der Waals surface area (Å²) in [6.07, 6.45) is 1.30. The number of urea groups is 1. The first-order valence-electron chi connectivity index (χ1n) is 7.37. The van der Waals surface area contributed by atoms with Gasteiger partial charge in [0.25, 0.3) is 0 Å². The van der Waals surface area contributed by atoms with E-state index in [4.69, 9.17) is 9.56 Å². The van der Waals surface area contributed by atoms with Gasteiger partial charge in [-0.05, 0) is 44.7 Å². The molecule has 2 amide bonds. The molecule has 2 heterocycles. The number of hydrogen-bond donors (Lipinski definition) is 2. The lowest BCUT2D eigenvalue weighted by Gasteiger charge is -2.32. The van der Waals surface area contributed by atoms with Crippen molar-refractivity contribution in [3.05, 3.63) is 23.7 Å². The lowest BCUT2D eigenvalue weighted by Crippen LogP contribution is -2.46. The highest BCUT2D eigenvalue weighted by Crippen LogP contribution is 2.20. The number of nitrogens with zero attached hydrogens (tertiary/aromatic N) is 1. The van der Waals surface area contributed by atoms with Crippen LogP contribution in [-0.4, -0.2) is 38.2 Å². The quantitative estimate of drug-likeness (QED) is 0.870. The maximum Gasteiger partial charge on any atom is 0.317 e. The minimum atomic E-state index is -3.45. The highest BCUT2D eigenvalue weighted by molar-refractivity contribution is 7.89. The van der Waals surface area contributed by atoms with Gasteiger partial charge < -0.3 is 14.6 Å². The second-order valence-electron chi connectivity index (χ2n) is 5.88. The van der Waals surface area contributed by atoms with Gasteiger partial charge in [0, 0.05) is 13.1 Å². The number of aryl methyl sites for hydroxylation is 1. The molecule has 1 fully saturated rings. The summed E-state index contributed by atoms with van der Waals surface area (Å²) in [5.41, 5.74) is 0. The van der Waals surface area contributed by atoms with E-state index in [1.54, 1.807) is 4.90 Å². The average Bonchev–Trinajstić information content (AvgIpc) is 2.84. The van der Waals surface area contributed by atoms with Gasteiger partial charge in [-0.3, -0.25) is 0 Å². The summed E-state index contributed by atoms with van der Waals surface area (Å²) in [5.74, 6) is 1.55. The molecule has 1 aromatic rings. The first-order chi connectivity index (χ1) is 10.2. The second-order valence-corrected chi connectivity index (χ2v) is 7.54. The van der Waals surface area contributed by atoms with Gasteiger partial charge in [0.2, 0.25) is 10.0 Å². The molecule has 8 heteroatoms. The summed E-state index contributed by atoms with van der Waals surface area (Å²) < 4.78 is 27.7.